The molecule has 3 N–H and O–H groups in total. The lowest BCUT2D eigenvalue weighted by atomic mass is 9.55. The van der Waals surface area contributed by atoms with E-state index in [0.717, 1.165) is 0 Å². The first-order valence-electron chi connectivity index (χ1n) is 9.83. The summed E-state index contributed by atoms with van der Waals surface area (Å²) < 4.78 is 12.4. The highest BCUT2D eigenvalue weighted by Crippen LogP contribution is 2.73. The van der Waals surface area contributed by atoms with Crippen LogP contribution in [0.5, 0.6) is 0 Å². The van der Waals surface area contributed by atoms with Gasteiger partial charge in [-0.15, -0.1) is 0 Å². The third-order valence-corrected chi connectivity index (χ3v) is 8.25. The number of aliphatic hydroxyl groups excluding tert-OH is 3. The van der Waals surface area contributed by atoms with E-state index in [1.807, 2.05) is 6.92 Å². The molecule has 27 heavy (non-hydrogen) atoms. The van der Waals surface area contributed by atoms with Gasteiger partial charge in [-0.1, -0.05) is 13.8 Å². The van der Waals surface area contributed by atoms with Gasteiger partial charge in [0.05, 0.1) is 17.6 Å². The Morgan fingerprint density at radius 2 is 1.89 bits per heavy atom. The quantitative estimate of drug-likeness (QED) is 0.580. The summed E-state index contributed by atoms with van der Waals surface area (Å²) in [5, 5.41) is 32.0. The lowest BCUT2D eigenvalue weighted by Crippen LogP contribution is -2.77. The zero-order valence-electron chi connectivity index (χ0n) is 15.8. The first-order chi connectivity index (χ1) is 12.6. The van der Waals surface area contributed by atoms with Crippen molar-refractivity contribution in [2.75, 3.05) is 6.61 Å². The Labute approximate surface area is 157 Å². The lowest BCUT2D eigenvalue weighted by Gasteiger charge is -2.63. The molecule has 5 fully saturated rings. The molecule has 0 aromatic heterocycles. The standard InChI is InChI=1S/C20H26O7/c1-8-4-9(2)15(23)13-17(25)26-19-6-10(7-21)18(3)16(24)12(19)5-11(14(8)22)20(13,19)27-18/h8-12,16,21,23-24H,4-7H2,1-3H3/b15-13-/t8-,9+,10-,11+,12+,16+,18+,19+,20-/m1/s1. The van der Waals surface area contributed by atoms with E-state index in [-0.39, 0.29) is 35.6 Å². The lowest BCUT2D eigenvalue weighted by molar-refractivity contribution is -0.346. The van der Waals surface area contributed by atoms with Crippen LogP contribution in [0.4, 0.5) is 0 Å². The van der Waals surface area contributed by atoms with Crippen LogP contribution in [-0.2, 0) is 19.1 Å². The number of fused-ring (bicyclic) bond motifs is 1. The number of ketones is 1. The Kier molecular flexibility index (Phi) is 3.22. The highest BCUT2D eigenvalue weighted by molar-refractivity contribution is 6.00. The second-order valence-corrected chi connectivity index (χ2v) is 9.42. The topological polar surface area (TPSA) is 113 Å². The van der Waals surface area contributed by atoms with E-state index in [4.69, 9.17) is 9.47 Å². The van der Waals surface area contributed by atoms with Crippen molar-refractivity contribution in [3.63, 3.8) is 0 Å². The number of carbonyl (C=O) groups excluding carboxylic acids is 2. The number of rotatable bonds is 1. The molecular formula is C20H26O7. The zero-order chi connectivity index (χ0) is 19.5. The van der Waals surface area contributed by atoms with Gasteiger partial charge in [-0.3, -0.25) is 4.79 Å². The molecule has 2 saturated carbocycles. The van der Waals surface area contributed by atoms with E-state index in [0.29, 0.717) is 19.3 Å². The van der Waals surface area contributed by atoms with Gasteiger partial charge in [0.25, 0.3) is 0 Å². The van der Waals surface area contributed by atoms with Crippen molar-refractivity contribution in [3.05, 3.63) is 11.3 Å². The number of allylic oxidation sites excluding steroid dienone is 1. The summed E-state index contributed by atoms with van der Waals surface area (Å²) in [6.07, 6.45) is 0.162. The van der Waals surface area contributed by atoms with E-state index < -0.39 is 46.6 Å². The third kappa shape index (κ3) is 1.63. The van der Waals surface area contributed by atoms with Crippen LogP contribution in [0.15, 0.2) is 11.3 Å². The van der Waals surface area contributed by atoms with Gasteiger partial charge < -0.3 is 24.8 Å². The zero-order valence-corrected chi connectivity index (χ0v) is 15.8. The van der Waals surface area contributed by atoms with Gasteiger partial charge in [0, 0.05) is 30.3 Å². The van der Waals surface area contributed by atoms with Gasteiger partial charge >= 0.3 is 5.97 Å². The summed E-state index contributed by atoms with van der Waals surface area (Å²) in [6.45, 7) is 5.15. The van der Waals surface area contributed by atoms with Crippen LogP contribution in [0.1, 0.15) is 40.0 Å². The van der Waals surface area contributed by atoms with E-state index in [1.165, 1.54) is 0 Å². The molecule has 7 nitrogen and oxygen atoms in total. The Morgan fingerprint density at radius 3 is 2.56 bits per heavy atom. The smallest absolute Gasteiger partial charge is 0.341 e. The molecule has 148 valence electrons. The molecule has 0 aromatic rings. The van der Waals surface area contributed by atoms with Crippen molar-refractivity contribution in [3.8, 4) is 0 Å². The monoisotopic (exact) mass is 378 g/mol. The molecule has 9 atom stereocenters. The molecule has 3 aliphatic carbocycles. The molecule has 2 spiro atoms. The third-order valence-electron chi connectivity index (χ3n) is 8.25. The molecule has 6 aliphatic rings. The summed E-state index contributed by atoms with van der Waals surface area (Å²) in [5.74, 6) is -2.91. The van der Waals surface area contributed by atoms with Gasteiger partial charge in [-0.25, -0.2) is 4.79 Å². The maximum atomic E-state index is 13.3. The molecule has 4 bridgehead atoms. The minimum Gasteiger partial charge on any atom is -0.511 e. The maximum absolute atomic E-state index is 13.3. The Balaban J connectivity index is 1.83. The summed E-state index contributed by atoms with van der Waals surface area (Å²) in [4.78, 5) is 26.3. The fourth-order valence-corrected chi connectivity index (χ4v) is 6.93. The molecule has 0 aromatic carbocycles. The maximum Gasteiger partial charge on any atom is 0.341 e. The van der Waals surface area contributed by atoms with Crippen LogP contribution < -0.4 is 0 Å². The second-order valence-electron chi connectivity index (χ2n) is 9.42. The van der Waals surface area contributed by atoms with Crippen LogP contribution in [0.25, 0.3) is 0 Å². The molecule has 3 aliphatic heterocycles. The minimum atomic E-state index is -1.38. The average molecular weight is 378 g/mol. The molecule has 6 rings (SSSR count). The molecule has 3 heterocycles. The van der Waals surface area contributed by atoms with E-state index in [2.05, 4.69) is 0 Å². The summed E-state index contributed by atoms with van der Waals surface area (Å²) >= 11 is 0. The second kappa shape index (κ2) is 4.93. The Morgan fingerprint density at radius 1 is 1.19 bits per heavy atom. The number of ether oxygens (including phenoxy) is 2. The molecule has 0 amide bonds. The minimum absolute atomic E-state index is 0.00377. The van der Waals surface area contributed by atoms with Crippen molar-refractivity contribution < 1.29 is 34.4 Å². The fraction of sp³-hybridized carbons (Fsp3) is 0.800. The first-order valence-corrected chi connectivity index (χ1v) is 9.83. The number of esters is 1. The van der Waals surface area contributed by atoms with Gasteiger partial charge in [-0.2, -0.15) is 0 Å². The normalized spacial score (nSPS) is 58.7. The number of carbonyl (C=O) groups is 2. The Bertz CT molecular complexity index is 789. The van der Waals surface area contributed by atoms with E-state index in [9.17, 15) is 24.9 Å². The highest BCUT2D eigenvalue weighted by Gasteiger charge is 2.87. The first kappa shape index (κ1) is 17.6. The van der Waals surface area contributed by atoms with Crippen LogP contribution in [0, 0.1) is 29.6 Å². The van der Waals surface area contributed by atoms with Crippen LogP contribution in [0.2, 0.25) is 0 Å². The fourth-order valence-electron chi connectivity index (χ4n) is 6.93. The van der Waals surface area contributed by atoms with Crippen molar-refractivity contribution in [1.29, 1.82) is 0 Å². The van der Waals surface area contributed by atoms with E-state index >= 15 is 0 Å². The van der Waals surface area contributed by atoms with Crippen molar-refractivity contribution >= 4 is 11.8 Å². The summed E-state index contributed by atoms with van der Waals surface area (Å²) in [7, 11) is 0. The largest absolute Gasteiger partial charge is 0.511 e. The molecular weight excluding hydrogens is 352 g/mol. The molecule has 0 unspecified atom stereocenters. The summed E-state index contributed by atoms with van der Waals surface area (Å²) in [5.41, 5.74) is -3.63. The van der Waals surface area contributed by atoms with Gasteiger partial charge in [0.1, 0.15) is 17.1 Å². The van der Waals surface area contributed by atoms with Crippen LogP contribution >= 0.6 is 0 Å². The van der Waals surface area contributed by atoms with Crippen LogP contribution in [0.3, 0.4) is 0 Å². The van der Waals surface area contributed by atoms with Gasteiger partial charge in [0.15, 0.2) is 11.2 Å². The van der Waals surface area contributed by atoms with Crippen molar-refractivity contribution in [2.45, 2.75) is 62.9 Å². The average Bonchev–Trinajstić information content (AvgIpc) is 2.98. The predicted molar refractivity (Wildman–Crippen MR) is 91.4 cm³/mol. The summed E-state index contributed by atoms with van der Waals surface area (Å²) in [6, 6.07) is 0. The molecule has 7 heteroatoms. The van der Waals surface area contributed by atoms with Gasteiger partial charge in [0.2, 0.25) is 0 Å². The molecule has 3 saturated heterocycles. The van der Waals surface area contributed by atoms with Gasteiger partial charge in [-0.05, 0) is 26.2 Å². The number of Topliss-reactive ketones (excluding diaryl/α,β-unsaturated/α-hetero) is 1. The predicted octanol–water partition coefficient (Wildman–Crippen LogP) is 0.876. The van der Waals surface area contributed by atoms with Crippen molar-refractivity contribution in [1.82, 2.24) is 0 Å². The Hall–Kier alpha value is -1.44. The number of hydrogen-bond donors (Lipinski definition) is 3. The molecule has 0 radical (unpaired) electrons. The van der Waals surface area contributed by atoms with Crippen molar-refractivity contribution in [2.24, 2.45) is 29.6 Å². The number of hydrogen-bond acceptors (Lipinski definition) is 7. The SMILES string of the molecule is C[C@@H]1C[C@H](C)/C(O)=C2\C(=O)O[C@]34C[C@H](CO)[C@]5(C)O[C@]23[C@@H](C[C@H]4[C@@H]5O)C1=O. The van der Waals surface area contributed by atoms with Crippen LogP contribution in [-0.4, -0.2) is 56.6 Å². The number of aliphatic hydroxyl groups is 3. The van der Waals surface area contributed by atoms with E-state index in [1.54, 1.807) is 13.8 Å². The highest BCUT2D eigenvalue weighted by atomic mass is 16.6.